The topological polar surface area (TPSA) is 38.7 Å². The largest absolute Gasteiger partial charge is 0.494 e. The molecule has 0 amide bonds. The van der Waals surface area contributed by atoms with Gasteiger partial charge in [-0.2, -0.15) is 0 Å². The number of aryl methyl sites for hydroxylation is 1. The maximum Gasteiger partial charge on any atom is 0.119 e. The maximum atomic E-state index is 10.1. The summed E-state index contributed by atoms with van der Waals surface area (Å²) in [7, 11) is 0. The zero-order valence-electron chi connectivity index (χ0n) is 11.9. The molecule has 0 saturated carbocycles. The number of hydrogen-bond donors (Lipinski definition) is 1. The first-order chi connectivity index (χ1) is 9.69. The van der Waals surface area contributed by atoms with Crippen molar-refractivity contribution in [3.63, 3.8) is 0 Å². The van der Waals surface area contributed by atoms with Crippen LogP contribution in [-0.4, -0.2) is 18.3 Å². The summed E-state index contributed by atoms with van der Waals surface area (Å²) in [5.74, 6) is 1.54. The summed E-state index contributed by atoms with van der Waals surface area (Å²) in [5, 5.41) is 10.1. The summed E-state index contributed by atoms with van der Waals surface area (Å²) in [6.45, 7) is 4.85. The number of benzene rings is 2. The van der Waals surface area contributed by atoms with Gasteiger partial charge in [0.2, 0.25) is 0 Å². The normalized spacial score (nSPS) is 11.9. The zero-order valence-corrected chi connectivity index (χ0v) is 11.9. The Bertz CT molecular complexity index is 517. The molecule has 0 aliphatic carbocycles. The summed E-state index contributed by atoms with van der Waals surface area (Å²) >= 11 is 0. The summed E-state index contributed by atoms with van der Waals surface area (Å²) in [6.07, 6.45) is -0.623. The van der Waals surface area contributed by atoms with Crippen molar-refractivity contribution in [1.29, 1.82) is 0 Å². The highest BCUT2D eigenvalue weighted by atomic mass is 16.5. The van der Waals surface area contributed by atoms with E-state index in [2.05, 4.69) is 0 Å². The third kappa shape index (κ3) is 4.00. The first-order valence-corrected chi connectivity index (χ1v) is 6.79. The second kappa shape index (κ2) is 6.96. The van der Waals surface area contributed by atoms with Crippen LogP contribution < -0.4 is 9.47 Å². The molecule has 0 fully saturated rings. The molecule has 20 heavy (non-hydrogen) atoms. The molecule has 0 aliphatic rings. The van der Waals surface area contributed by atoms with E-state index in [0.717, 1.165) is 17.1 Å². The van der Waals surface area contributed by atoms with Crippen molar-refractivity contribution in [1.82, 2.24) is 0 Å². The number of rotatable bonds is 6. The Morgan fingerprint density at radius 1 is 0.900 bits per heavy atom. The Hall–Kier alpha value is -2.00. The Morgan fingerprint density at radius 2 is 1.45 bits per heavy atom. The number of aliphatic hydroxyl groups is 1. The van der Waals surface area contributed by atoms with Gasteiger partial charge in [0.05, 0.1) is 6.61 Å². The molecule has 2 aromatic carbocycles. The third-order valence-electron chi connectivity index (χ3n) is 3.00. The van der Waals surface area contributed by atoms with E-state index >= 15 is 0 Å². The fraction of sp³-hybridized carbons (Fsp3) is 0.294. The molecular weight excluding hydrogens is 252 g/mol. The molecule has 1 atom stereocenters. The Labute approximate surface area is 119 Å². The molecule has 0 saturated heterocycles. The van der Waals surface area contributed by atoms with E-state index in [-0.39, 0.29) is 6.61 Å². The van der Waals surface area contributed by atoms with Crippen molar-refractivity contribution < 1.29 is 14.6 Å². The van der Waals surface area contributed by atoms with E-state index in [1.165, 1.54) is 5.56 Å². The third-order valence-corrected chi connectivity index (χ3v) is 3.00. The van der Waals surface area contributed by atoms with Gasteiger partial charge in [0.1, 0.15) is 24.2 Å². The van der Waals surface area contributed by atoms with Crippen LogP contribution in [0.15, 0.2) is 48.5 Å². The van der Waals surface area contributed by atoms with Gasteiger partial charge < -0.3 is 14.6 Å². The summed E-state index contributed by atoms with van der Waals surface area (Å²) in [5.41, 5.74) is 2.04. The predicted octanol–water partition coefficient (Wildman–Crippen LogP) is 3.51. The smallest absolute Gasteiger partial charge is 0.119 e. The molecule has 0 radical (unpaired) electrons. The first kappa shape index (κ1) is 14.4. The van der Waals surface area contributed by atoms with E-state index in [1.54, 1.807) is 0 Å². The van der Waals surface area contributed by atoms with Crippen LogP contribution in [0.1, 0.15) is 24.2 Å². The van der Waals surface area contributed by atoms with Gasteiger partial charge in [-0.15, -0.1) is 0 Å². The van der Waals surface area contributed by atoms with Gasteiger partial charge in [-0.1, -0.05) is 29.8 Å². The Kier molecular flexibility index (Phi) is 5.02. The molecule has 0 aromatic heterocycles. The van der Waals surface area contributed by atoms with Crippen LogP contribution in [0.2, 0.25) is 0 Å². The quantitative estimate of drug-likeness (QED) is 0.874. The summed E-state index contributed by atoms with van der Waals surface area (Å²) < 4.78 is 10.9. The molecule has 0 heterocycles. The molecule has 0 aliphatic heterocycles. The van der Waals surface area contributed by atoms with Crippen LogP contribution in [0, 0.1) is 6.92 Å². The van der Waals surface area contributed by atoms with Crippen LogP contribution in [0.5, 0.6) is 11.5 Å². The average Bonchev–Trinajstić information content (AvgIpc) is 2.47. The van der Waals surface area contributed by atoms with Crippen LogP contribution >= 0.6 is 0 Å². The lowest BCUT2D eigenvalue weighted by atomic mass is 10.1. The van der Waals surface area contributed by atoms with Gasteiger partial charge in [-0.05, 0) is 43.7 Å². The molecule has 0 bridgehead atoms. The highest BCUT2D eigenvalue weighted by Gasteiger charge is 2.08. The molecule has 0 spiro atoms. The molecule has 3 nitrogen and oxygen atoms in total. The fourth-order valence-electron chi connectivity index (χ4n) is 1.86. The van der Waals surface area contributed by atoms with Gasteiger partial charge in [0, 0.05) is 0 Å². The lowest BCUT2D eigenvalue weighted by Crippen LogP contribution is -2.09. The highest BCUT2D eigenvalue weighted by Crippen LogP contribution is 2.20. The van der Waals surface area contributed by atoms with E-state index < -0.39 is 6.10 Å². The van der Waals surface area contributed by atoms with Crippen LogP contribution in [0.25, 0.3) is 0 Å². The molecule has 2 rings (SSSR count). The van der Waals surface area contributed by atoms with Crippen molar-refractivity contribution in [3.8, 4) is 11.5 Å². The van der Waals surface area contributed by atoms with Gasteiger partial charge in [-0.25, -0.2) is 0 Å². The molecule has 3 heteroatoms. The molecule has 106 valence electrons. The van der Waals surface area contributed by atoms with Crippen molar-refractivity contribution in [2.24, 2.45) is 0 Å². The SMILES string of the molecule is CCOc1ccc(OCC(O)c2ccc(C)cc2)cc1. The molecular formula is C17H20O3. The minimum atomic E-state index is -0.623. The number of aliphatic hydroxyl groups excluding tert-OH is 1. The van der Waals surface area contributed by atoms with E-state index in [9.17, 15) is 5.11 Å². The predicted molar refractivity (Wildman–Crippen MR) is 79.2 cm³/mol. The lowest BCUT2D eigenvalue weighted by Gasteiger charge is -2.13. The lowest BCUT2D eigenvalue weighted by molar-refractivity contribution is 0.108. The van der Waals surface area contributed by atoms with Crippen LogP contribution in [0.3, 0.4) is 0 Å². The Morgan fingerprint density at radius 3 is 2.00 bits per heavy atom. The van der Waals surface area contributed by atoms with Crippen LogP contribution in [0.4, 0.5) is 0 Å². The fourth-order valence-corrected chi connectivity index (χ4v) is 1.86. The van der Waals surface area contributed by atoms with E-state index in [1.807, 2.05) is 62.4 Å². The van der Waals surface area contributed by atoms with Crippen molar-refractivity contribution >= 4 is 0 Å². The van der Waals surface area contributed by atoms with Gasteiger partial charge in [0.25, 0.3) is 0 Å². The Balaban J connectivity index is 1.89. The maximum absolute atomic E-state index is 10.1. The van der Waals surface area contributed by atoms with Gasteiger partial charge in [-0.3, -0.25) is 0 Å². The van der Waals surface area contributed by atoms with Crippen molar-refractivity contribution in [2.45, 2.75) is 20.0 Å². The standard InChI is InChI=1S/C17H20O3/c1-3-19-15-8-10-16(11-9-15)20-12-17(18)14-6-4-13(2)5-7-14/h4-11,17-18H,3,12H2,1-2H3. The molecule has 1 unspecified atom stereocenters. The monoisotopic (exact) mass is 272 g/mol. The van der Waals surface area contributed by atoms with E-state index in [4.69, 9.17) is 9.47 Å². The minimum Gasteiger partial charge on any atom is -0.494 e. The average molecular weight is 272 g/mol. The van der Waals surface area contributed by atoms with Gasteiger partial charge in [0.15, 0.2) is 0 Å². The van der Waals surface area contributed by atoms with Crippen molar-refractivity contribution in [2.75, 3.05) is 13.2 Å². The minimum absolute atomic E-state index is 0.233. The highest BCUT2D eigenvalue weighted by molar-refractivity contribution is 5.31. The van der Waals surface area contributed by atoms with Crippen LogP contribution in [-0.2, 0) is 0 Å². The molecule has 2 aromatic rings. The zero-order chi connectivity index (χ0) is 14.4. The summed E-state index contributed by atoms with van der Waals surface area (Å²) in [4.78, 5) is 0. The van der Waals surface area contributed by atoms with E-state index in [0.29, 0.717) is 6.61 Å². The molecule has 1 N–H and O–H groups in total. The van der Waals surface area contributed by atoms with Gasteiger partial charge >= 0.3 is 0 Å². The second-order valence-electron chi connectivity index (χ2n) is 4.64. The second-order valence-corrected chi connectivity index (χ2v) is 4.64. The number of hydrogen-bond acceptors (Lipinski definition) is 3. The first-order valence-electron chi connectivity index (χ1n) is 6.79. The van der Waals surface area contributed by atoms with Crippen molar-refractivity contribution in [3.05, 3.63) is 59.7 Å². The number of ether oxygens (including phenoxy) is 2. The summed E-state index contributed by atoms with van der Waals surface area (Å²) in [6, 6.07) is 15.2.